The van der Waals surface area contributed by atoms with Crippen molar-refractivity contribution in [2.45, 2.75) is 19.8 Å². The Morgan fingerprint density at radius 3 is 2.90 bits per heavy atom. The van der Waals surface area contributed by atoms with Crippen LogP contribution in [0.1, 0.15) is 18.5 Å². The highest BCUT2D eigenvalue weighted by Gasteiger charge is 2.22. The lowest BCUT2D eigenvalue weighted by atomic mass is 9.99. The van der Waals surface area contributed by atoms with Gasteiger partial charge in [-0.2, -0.15) is 0 Å². The molecule has 21 heavy (non-hydrogen) atoms. The molecule has 0 aliphatic carbocycles. The van der Waals surface area contributed by atoms with Crippen LogP contribution in [0.5, 0.6) is 5.75 Å². The number of aryl methyl sites for hydroxylation is 1. The van der Waals surface area contributed by atoms with Crippen LogP contribution in [0.3, 0.4) is 0 Å². The number of nitrogens with zero attached hydrogens (tertiary/aromatic N) is 2. The van der Waals surface area contributed by atoms with Crippen molar-refractivity contribution in [2.75, 3.05) is 24.6 Å². The summed E-state index contributed by atoms with van der Waals surface area (Å²) < 4.78 is 18.6. The molecule has 2 heterocycles. The van der Waals surface area contributed by atoms with Crippen molar-refractivity contribution in [1.82, 2.24) is 4.98 Å². The molecule has 0 spiro atoms. The highest BCUT2D eigenvalue weighted by Crippen LogP contribution is 2.26. The first-order chi connectivity index (χ1) is 10.2. The van der Waals surface area contributed by atoms with Gasteiger partial charge >= 0.3 is 0 Å². The number of aromatic nitrogens is 1. The average Bonchev–Trinajstić information content (AvgIpc) is 2.94. The molecule has 112 valence electrons. The summed E-state index contributed by atoms with van der Waals surface area (Å²) >= 11 is 1.71. The molecule has 1 aromatic heterocycles. The van der Waals surface area contributed by atoms with Crippen molar-refractivity contribution >= 4 is 16.5 Å². The minimum absolute atomic E-state index is 0.231. The van der Waals surface area contributed by atoms with Crippen molar-refractivity contribution < 1.29 is 9.13 Å². The number of ether oxygens (including phenoxy) is 1. The lowest BCUT2D eigenvalue weighted by molar-refractivity contribution is 0.228. The zero-order chi connectivity index (χ0) is 14.7. The summed E-state index contributed by atoms with van der Waals surface area (Å²) in [6.45, 7) is 4.75. The van der Waals surface area contributed by atoms with Crippen LogP contribution < -0.4 is 9.64 Å². The summed E-state index contributed by atoms with van der Waals surface area (Å²) in [6, 6.07) is 6.22. The molecule has 1 aliphatic heterocycles. The van der Waals surface area contributed by atoms with Crippen LogP contribution in [0.4, 0.5) is 9.52 Å². The normalized spacial score (nSPS) is 18.8. The minimum atomic E-state index is -0.231. The molecular formula is C16H19FN2OS. The Labute approximate surface area is 128 Å². The van der Waals surface area contributed by atoms with Crippen molar-refractivity contribution in [2.24, 2.45) is 5.92 Å². The molecule has 5 heteroatoms. The largest absolute Gasteiger partial charge is 0.493 e. The molecule has 0 N–H and O–H groups in total. The summed E-state index contributed by atoms with van der Waals surface area (Å²) in [5.74, 6) is 0.997. The Balaban J connectivity index is 1.55. The van der Waals surface area contributed by atoms with E-state index in [0.29, 0.717) is 12.5 Å². The van der Waals surface area contributed by atoms with Crippen molar-refractivity contribution in [3.8, 4) is 5.75 Å². The van der Waals surface area contributed by atoms with E-state index in [1.165, 1.54) is 18.6 Å². The van der Waals surface area contributed by atoms with Gasteiger partial charge in [-0.1, -0.05) is 0 Å². The number of thiazole rings is 1. The fraction of sp³-hybridized carbons (Fsp3) is 0.438. The lowest BCUT2D eigenvalue weighted by Gasteiger charge is -2.32. The molecule has 3 nitrogen and oxygen atoms in total. The molecule has 0 unspecified atom stereocenters. The first-order valence-corrected chi connectivity index (χ1v) is 8.14. The van der Waals surface area contributed by atoms with Gasteiger partial charge in [-0.3, -0.25) is 0 Å². The van der Waals surface area contributed by atoms with Gasteiger partial charge in [0.15, 0.2) is 5.13 Å². The average molecular weight is 306 g/mol. The molecule has 1 aliphatic rings. The Morgan fingerprint density at radius 1 is 1.38 bits per heavy atom. The predicted octanol–water partition coefficient (Wildman–Crippen LogP) is 3.89. The van der Waals surface area contributed by atoms with E-state index in [-0.39, 0.29) is 5.82 Å². The van der Waals surface area contributed by atoms with Gasteiger partial charge in [-0.25, -0.2) is 9.37 Å². The number of hydrogen-bond acceptors (Lipinski definition) is 4. The predicted molar refractivity (Wildman–Crippen MR) is 83.7 cm³/mol. The fourth-order valence-corrected chi connectivity index (χ4v) is 3.45. The minimum Gasteiger partial charge on any atom is -0.493 e. The summed E-state index contributed by atoms with van der Waals surface area (Å²) in [4.78, 5) is 6.91. The van der Waals surface area contributed by atoms with E-state index >= 15 is 0 Å². The van der Waals surface area contributed by atoms with E-state index < -0.39 is 0 Å². The van der Waals surface area contributed by atoms with Crippen molar-refractivity contribution in [3.05, 3.63) is 41.2 Å². The van der Waals surface area contributed by atoms with Crippen LogP contribution in [0.2, 0.25) is 0 Å². The number of hydrogen-bond donors (Lipinski definition) is 0. The third-order valence-electron chi connectivity index (χ3n) is 3.70. The zero-order valence-corrected chi connectivity index (χ0v) is 12.9. The van der Waals surface area contributed by atoms with Crippen LogP contribution >= 0.6 is 11.3 Å². The molecule has 0 bridgehead atoms. The van der Waals surface area contributed by atoms with Crippen LogP contribution in [0.25, 0.3) is 0 Å². The number of rotatable bonds is 4. The topological polar surface area (TPSA) is 25.4 Å². The summed E-state index contributed by atoms with van der Waals surface area (Å²) in [5.41, 5.74) is 1.08. The standard InChI is InChI=1S/C16H19FN2OS/c1-12-11-21-16(18-12)19-8-2-3-13(9-19)10-20-15-6-4-14(17)5-7-15/h4-7,11,13H,2-3,8-10H2,1H3/t13-/m0/s1. The highest BCUT2D eigenvalue weighted by atomic mass is 32.1. The van der Waals surface area contributed by atoms with E-state index in [9.17, 15) is 4.39 Å². The lowest BCUT2D eigenvalue weighted by Crippen LogP contribution is -2.37. The summed E-state index contributed by atoms with van der Waals surface area (Å²) in [6.07, 6.45) is 2.33. The molecule has 1 atom stereocenters. The number of anilines is 1. The van der Waals surface area contributed by atoms with Gasteiger partial charge in [0, 0.05) is 24.4 Å². The SMILES string of the molecule is Cc1csc(N2CCC[C@H](COc3ccc(F)cc3)C2)n1. The van der Waals surface area contributed by atoms with Crippen LogP contribution in [0.15, 0.2) is 29.6 Å². The van der Waals surface area contributed by atoms with Crippen molar-refractivity contribution in [3.63, 3.8) is 0 Å². The third kappa shape index (κ3) is 3.73. The fourth-order valence-electron chi connectivity index (χ4n) is 2.61. The number of halogens is 1. The van der Waals surface area contributed by atoms with Gasteiger partial charge < -0.3 is 9.64 Å². The van der Waals surface area contributed by atoms with Gasteiger partial charge in [-0.05, 0) is 44.0 Å². The monoisotopic (exact) mass is 306 g/mol. The molecule has 2 aromatic rings. The first-order valence-electron chi connectivity index (χ1n) is 7.26. The van der Waals surface area contributed by atoms with Crippen LogP contribution in [-0.2, 0) is 0 Å². The van der Waals surface area contributed by atoms with Gasteiger partial charge in [0.25, 0.3) is 0 Å². The zero-order valence-electron chi connectivity index (χ0n) is 12.1. The molecule has 1 aromatic carbocycles. The second-order valence-electron chi connectivity index (χ2n) is 5.49. The first kappa shape index (κ1) is 14.3. The Morgan fingerprint density at radius 2 is 2.19 bits per heavy atom. The van der Waals surface area contributed by atoms with E-state index in [4.69, 9.17) is 4.74 Å². The summed E-state index contributed by atoms with van der Waals surface area (Å²) in [7, 11) is 0. The van der Waals surface area contributed by atoms with Gasteiger partial charge in [0.1, 0.15) is 11.6 Å². The quantitative estimate of drug-likeness (QED) is 0.857. The second-order valence-corrected chi connectivity index (χ2v) is 6.33. The van der Waals surface area contributed by atoms with Crippen LogP contribution in [0, 0.1) is 18.7 Å². The smallest absolute Gasteiger partial charge is 0.185 e. The van der Waals surface area contributed by atoms with E-state index in [1.807, 2.05) is 6.92 Å². The Hall–Kier alpha value is -1.62. The number of benzene rings is 1. The number of piperidine rings is 1. The van der Waals surface area contributed by atoms with E-state index in [2.05, 4.69) is 15.3 Å². The maximum Gasteiger partial charge on any atom is 0.185 e. The van der Waals surface area contributed by atoms with E-state index in [0.717, 1.165) is 36.1 Å². The van der Waals surface area contributed by atoms with Gasteiger partial charge in [0.05, 0.1) is 12.3 Å². The van der Waals surface area contributed by atoms with Crippen molar-refractivity contribution in [1.29, 1.82) is 0 Å². The molecule has 0 radical (unpaired) electrons. The molecule has 3 rings (SSSR count). The second kappa shape index (κ2) is 6.43. The molecule has 1 fully saturated rings. The third-order valence-corrected chi connectivity index (χ3v) is 4.72. The Bertz CT molecular complexity index is 584. The van der Waals surface area contributed by atoms with Gasteiger partial charge in [0.2, 0.25) is 0 Å². The summed E-state index contributed by atoms with van der Waals surface area (Å²) in [5, 5.41) is 3.20. The van der Waals surface area contributed by atoms with Crippen LogP contribution in [-0.4, -0.2) is 24.7 Å². The molecular weight excluding hydrogens is 287 g/mol. The highest BCUT2D eigenvalue weighted by molar-refractivity contribution is 7.13. The maximum atomic E-state index is 12.9. The Kier molecular flexibility index (Phi) is 4.39. The molecule has 1 saturated heterocycles. The molecule has 0 saturated carbocycles. The molecule has 0 amide bonds. The maximum absolute atomic E-state index is 12.9. The van der Waals surface area contributed by atoms with E-state index in [1.54, 1.807) is 23.5 Å². The van der Waals surface area contributed by atoms with Gasteiger partial charge in [-0.15, -0.1) is 11.3 Å².